The SMILES string of the molecule is CNC(=O)N1CCc2c(c(N3CCCc4cc(-c5cnn(C)c5)c(C(F)F)cc43)nn2C2CCN(C(=O)COCCCN3CCN(c4ncc(C(=O)O)cn4)CC3)CC2)C1. The number of ether oxygens (including phenoxy) is 1. The molecule has 8 rings (SSSR count). The van der Waals surface area contributed by atoms with Gasteiger partial charge in [0.1, 0.15) is 6.61 Å². The number of carboxylic acid groups (broad SMARTS) is 1. The number of anilines is 3. The van der Waals surface area contributed by atoms with Crippen molar-refractivity contribution >= 4 is 35.4 Å². The molecule has 0 spiro atoms. The molecule has 19 heteroatoms. The zero-order valence-corrected chi connectivity index (χ0v) is 34.1. The number of aromatic carboxylic acids is 1. The number of hydrogen-bond acceptors (Lipinski definition) is 11. The van der Waals surface area contributed by atoms with Gasteiger partial charge in [0.25, 0.3) is 6.43 Å². The molecule has 4 aliphatic heterocycles. The molecule has 17 nitrogen and oxygen atoms in total. The molecule has 2 saturated heterocycles. The molecule has 0 saturated carbocycles. The van der Waals surface area contributed by atoms with Gasteiger partial charge in [0.15, 0.2) is 5.82 Å². The van der Waals surface area contributed by atoms with Crippen LogP contribution in [0.3, 0.4) is 0 Å². The number of aromatic nitrogens is 6. The van der Waals surface area contributed by atoms with Crippen molar-refractivity contribution in [3.05, 3.63) is 64.9 Å². The number of alkyl halides is 2. The van der Waals surface area contributed by atoms with E-state index in [0.717, 1.165) is 68.8 Å². The molecule has 7 heterocycles. The number of aryl methyl sites for hydroxylation is 2. The highest BCUT2D eigenvalue weighted by atomic mass is 19.3. The highest BCUT2D eigenvalue weighted by Gasteiger charge is 2.35. The first-order chi connectivity index (χ1) is 29.1. The number of likely N-dealkylation sites (tertiary alicyclic amines) is 1. The first kappa shape index (κ1) is 41.1. The van der Waals surface area contributed by atoms with E-state index in [1.165, 1.54) is 12.4 Å². The van der Waals surface area contributed by atoms with Crippen LogP contribution in [-0.4, -0.2) is 146 Å². The molecule has 320 valence electrons. The number of halogens is 2. The second-order valence-corrected chi connectivity index (χ2v) is 15.9. The lowest BCUT2D eigenvalue weighted by molar-refractivity contribution is -0.137. The third kappa shape index (κ3) is 8.63. The minimum atomic E-state index is -2.69. The van der Waals surface area contributed by atoms with E-state index in [1.807, 2.05) is 15.9 Å². The second-order valence-electron chi connectivity index (χ2n) is 15.9. The van der Waals surface area contributed by atoms with Gasteiger partial charge in [-0.05, 0) is 55.4 Å². The third-order valence-electron chi connectivity index (χ3n) is 12.1. The smallest absolute Gasteiger partial charge is 0.338 e. The Hall–Kier alpha value is -5.69. The van der Waals surface area contributed by atoms with Crippen LogP contribution >= 0.6 is 0 Å². The summed E-state index contributed by atoms with van der Waals surface area (Å²) in [6, 6.07) is 3.35. The van der Waals surface area contributed by atoms with E-state index in [9.17, 15) is 23.2 Å². The van der Waals surface area contributed by atoms with Crippen LogP contribution in [0.25, 0.3) is 11.1 Å². The lowest BCUT2D eigenvalue weighted by atomic mass is 9.92. The summed E-state index contributed by atoms with van der Waals surface area (Å²) in [6.45, 7) is 7.08. The number of rotatable bonds is 12. The van der Waals surface area contributed by atoms with E-state index in [2.05, 4.69) is 34.9 Å². The molecule has 3 amide bonds. The maximum absolute atomic E-state index is 14.7. The maximum Gasteiger partial charge on any atom is 0.338 e. The van der Waals surface area contributed by atoms with Gasteiger partial charge in [-0.3, -0.25) is 19.1 Å². The van der Waals surface area contributed by atoms with Gasteiger partial charge in [-0.25, -0.2) is 28.3 Å². The Morgan fingerprint density at radius 2 is 1.73 bits per heavy atom. The summed E-state index contributed by atoms with van der Waals surface area (Å²) >= 11 is 0. The molecule has 2 fully saturated rings. The van der Waals surface area contributed by atoms with Crippen molar-refractivity contribution in [3.63, 3.8) is 0 Å². The van der Waals surface area contributed by atoms with Crippen LogP contribution in [0.5, 0.6) is 0 Å². The predicted molar refractivity (Wildman–Crippen MR) is 218 cm³/mol. The van der Waals surface area contributed by atoms with E-state index in [0.29, 0.717) is 87.2 Å². The fourth-order valence-corrected chi connectivity index (χ4v) is 8.91. The van der Waals surface area contributed by atoms with Gasteiger partial charge >= 0.3 is 12.0 Å². The number of piperidine rings is 1. The van der Waals surface area contributed by atoms with Crippen molar-refractivity contribution in [2.24, 2.45) is 7.05 Å². The normalized spacial score (nSPS) is 17.6. The topological polar surface area (TPSA) is 170 Å². The molecule has 60 heavy (non-hydrogen) atoms. The number of carbonyl (C=O) groups excluding carboxylic acids is 2. The number of carbonyl (C=O) groups is 3. The highest BCUT2D eigenvalue weighted by molar-refractivity contribution is 5.86. The average Bonchev–Trinajstić information content (AvgIpc) is 3.88. The minimum absolute atomic E-state index is 0.0240. The van der Waals surface area contributed by atoms with Gasteiger partial charge in [-0.15, -0.1) is 0 Å². The third-order valence-corrected chi connectivity index (χ3v) is 12.1. The van der Waals surface area contributed by atoms with Crippen molar-refractivity contribution in [1.29, 1.82) is 0 Å². The molecule has 3 aromatic heterocycles. The van der Waals surface area contributed by atoms with E-state index in [-0.39, 0.29) is 35.7 Å². The Balaban J connectivity index is 0.880. The van der Waals surface area contributed by atoms with Gasteiger partial charge < -0.3 is 34.8 Å². The van der Waals surface area contributed by atoms with E-state index < -0.39 is 12.4 Å². The zero-order valence-electron chi connectivity index (χ0n) is 34.1. The zero-order chi connectivity index (χ0) is 41.9. The summed E-state index contributed by atoms with van der Waals surface area (Å²) in [5, 5.41) is 21.3. The molecule has 4 aromatic rings. The van der Waals surface area contributed by atoms with Crippen LogP contribution in [0.4, 0.5) is 31.0 Å². The van der Waals surface area contributed by atoms with Crippen molar-refractivity contribution in [3.8, 4) is 11.1 Å². The number of hydrogen-bond donors (Lipinski definition) is 2. The fourth-order valence-electron chi connectivity index (χ4n) is 8.91. The number of fused-ring (bicyclic) bond motifs is 2. The van der Waals surface area contributed by atoms with Crippen molar-refractivity contribution < 1.29 is 33.0 Å². The van der Waals surface area contributed by atoms with Gasteiger partial charge in [0.05, 0.1) is 24.3 Å². The first-order valence-corrected chi connectivity index (χ1v) is 20.7. The van der Waals surface area contributed by atoms with Gasteiger partial charge in [-0.2, -0.15) is 10.2 Å². The van der Waals surface area contributed by atoms with Crippen LogP contribution in [0.1, 0.15) is 70.9 Å². The molecule has 0 aliphatic carbocycles. The van der Waals surface area contributed by atoms with Crippen molar-refractivity contribution in [2.75, 3.05) is 89.0 Å². The molecule has 4 aliphatic rings. The number of piperazine rings is 1. The summed E-state index contributed by atoms with van der Waals surface area (Å²) < 4.78 is 38.9. The van der Waals surface area contributed by atoms with Crippen molar-refractivity contribution in [1.82, 2.24) is 49.5 Å². The summed E-state index contributed by atoms with van der Waals surface area (Å²) in [4.78, 5) is 55.6. The summed E-state index contributed by atoms with van der Waals surface area (Å²) in [5.41, 5.74) is 4.81. The lowest BCUT2D eigenvalue weighted by Crippen LogP contribution is -2.47. The quantitative estimate of drug-likeness (QED) is 0.198. The van der Waals surface area contributed by atoms with Crippen LogP contribution in [0.15, 0.2) is 36.9 Å². The fraction of sp³-hybridized carbons (Fsp3) is 0.537. The molecule has 1 aromatic carbocycles. The molecule has 0 unspecified atom stereocenters. The molecule has 2 N–H and O–H groups in total. The van der Waals surface area contributed by atoms with Gasteiger partial charge in [-0.1, -0.05) is 0 Å². The first-order valence-electron chi connectivity index (χ1n) is 20.7. The van der Waals surface area contributed by atoms with Crippen LogP contribution in [-0.2, 0) is 36.0 Å². The average molecular weight is 831 g/mol. The molecular weight excluding hydrogens is 779 g/mol. The standard InChI is InChI=1S/C41H52F2N12O5/c1-44-41(59)53-13-8-34-33(25-53)38(54-10-3-5-27-19-31(29-23-47-49(2)24-29)32(37(42)43)20-35(27)54)48-55(34)30-6-11-51(12-7-30)36(56)26-60-18-4-9-50-14-16-52(17-15-50)40-45-21-28(22-46-40)39(57)58/h19-24,30,37H,3-18,25-26H2,1-2H3,(H,44,59)(H,57,58). The number of nitrogens with zero attached hydrogens (tertiary/aromatic N) is 11. The Morgan fingerprint density at radius 1 is 0.967 bits per heavy atom. The van der Waals surface area contributed by atoms with Crippen LogP contribution in [0.2, 0.25) is 0 Å². The number of nitrogens with one attached hydrogen (secondary N) is 1. The largest absolute Gasteiger partial charge is 0.478 e. The number of urea groups is 1. The summed E-state index contributed by atoms with van der Waals surface area (Å²) in [6.07, 6.45) is 7.72. The monoisotopic (exact) mass is 830 g/mol. The summed E-state index contributed by atoms with van der Waals surface area (Å²) in [5.74, 6) is 0.141. The minimum Gasteiger partial charge on any atom is -0.478 e. The van der Waals surface area contributed by atoms with Crippen LogP contribution in [0, 0.1) is 0 Å². The molecular formula is C41H52F2N12O5. The predicted octanol–water partition coefficient (Wildman–Crippen LogP) is 3.88. The number of benzene rings is 1. The number of carboxylic acids is 1. The molecule has 0 radical (unpaired) electrons. The van der Waals surface area contributed by atoms with E-state index in [4.69, 9.17) is 14.9 Å². The Morgan fingerprint density at radius 3 is 2.42 bits per heavy atom. The lowest BCUT2D eigenvalue weighted by Gasteiger charge is -2.34. The van der Waals surface area contributed by atoms with E-state index >= 15 is 0 Å². The molecule has 0 atom stereocenters. The number of amides is 3. The Labute approximate surface area is 346 Å². The second kappa shape index (κ2) is 17.9. The maximum atomic E-state index is 14.7. The Bertz CT molecular complexity index is 2180. The highest BCUT2D eigenvalue weighted by Crippen LogP contribution is 2.43. The Kier molecular flexibility index (Phi) is 12.2. The van der Waals surface area contributed by atoms with Crippen LogP contribution < -0.4 is 15.1 Å². The van der Waals surface area contributed by atoms with Gasteiger partial charge in [0.2, 0.25) is 11.9 Å². The molecule has 0 bridgehead atoms. The summed E-state index contributed by atoms with van der Waals surface area (Å²) in [7, 11) is 3.38. The van der Waals surface area contributed by atoms with Crippen molar-refractivity contribution in [2.45, 2.75) is 57.5 Å². The van der Waals surface area contributed by atoms with Gasteiger partial charge in [0, 0.05) is 133 Å². The van der Waals surface area contributed by atoms with E-state index in [1.54, 1.807) is 42.1 Å².